The second-order valence-corrected chi connectivity index (χ2v) is 9.09. The van der Waals surface area contributed by atoms with Gasteiger partial charge in [-0.25, -0.2) is 0 Å². The first kappa shape index (κ1) is 14.8. The van der Waals surface area contributed by atoms with Gasteiger partial charge in [-0.3, -0.25) is 0 Å². The third-order valence-corrected chi connectivity index (χ3v) is 7.24. The molecule has 0 N–H and O–H groups in total. The lowest BCUT2D eigenvalue weighted by Crippen LogP contribution is -2.24. The zero-order valence-electron chi connectivity index (χ0n) is 12.2. The van der Waals surface area contributed by atoms with Crippen LogP contribution in [0, 0.1) is 0 Å². The lowest BCUT2D eigenvalue weighted by molar-refractivity contribution is 0.415. The normalized spacial score (nSPS) is 15.3. The maximum atomic E-state index is 3.71. The quantitative estimate of drug-likeness (QED) is 0.504. The van der Waals surface area contributed by atoms with Crippen LogP contribution in [0.2, 0.25) is 0 Å². The maximum absolute atomic E-state index is 3.71. The molecule has 0 spiro atoms. The Labute approximate surface area is 138 Å². The molecular weight excluding hydrogens is 348 g/mol. The first-order valence-corrected chi connectivity index (χ1v) is 10.1. The molecule has 0 unspecified atom stereocenters. The van der Waals surface area contributed by atoms with Gasteiger partial charge in [0.1, 0.15) is 0 Å². The summed E-state index contributed by atoms with van der Waals surface area (Å²) in [5, 5.41) is 2.29. The Bertz CT molecular complexity index is 586. The van der Waals surface area contributed by atoms with Crippen LogP contribution in [0.3, 0.4) is 0 Å². The van der Waals surface area contributed by atoms with Gasteiger partial charge in [0.25, 0.3) is 0 Å². The topological polar surface area (TPSA) is 0 Å². The van der Waals surface area contributed by atoms with E-state index in [4.69, 9.17) is 0 Å². The van der Waals surface area contributed by atoms with E-state index < -0.39 is 0 Å². The van der Waals surface area contributed by atoms with Gasteiger partial charge in [-0.05, 0) is 57.4 Å². The van der Waals surface area contributed by atoms with E-state index >= 15 is 0 Å². The van der Waals surface area contributed by atoms with Gasteiger partial charge in [-0.15, -0.1) is 22.7 Å². The lowest BCUT2D eigenvalue weighted by Gasteiger charge is -2.31. The van der Waals surface area contributed by atoms with Gasteiger partial charge in [-0.1, -0.05) is 39.5 Å². The van der Waals surface area contributed by atoms with E-state index in [0.717, 1.165) is 0 Å². The third kappa shape index (κ3) is 2.22. The van der Waals surface area contributed by atoms with Crippen LogP contribution >= 0.6 is 38.6 Å². The second kappa shape index (κ2) is 5.94. The number of fused-ring (bicyclic) bond motifs is 3. The molecule has 0 atom stereocenters. The smallest absolute Gasteiger partial charge is 0.0708 e. The Balaban J connectivity index is 2.11. The van der Waals surface area contributed by atoms with Crippen molar-refractivity contribution in [2.75, 3.05) is 0 Å². The Hall–Kier alpha value is -0.120. The van der Waals surface area contributed by atoms with Gasteiger partial charge in [0, 0.05) is 15.2 Å². The van der Waals surface area contributed by atoms with Gasteiger partial charge in [0.2, 0.25) is 0 Å². The van der Waals surface area contributed by atoms with Gasteiger partial charge < -0.3 is 0 Å². The Kier molecular flexibility index (Phi) is 4.40. The highest BCUT2D eigenvalue weighted by atomic mass is 79.9. The largest absolute Gasteiger partial charge is 0.143 e. The maximum Gasteiger partial charge on any atom is 0.0708 e. The van der Waals surface area contributed by atoms with E-state index in [2.05, 4.69) is 47.3 Å². The molecule has 0 fully saturated rings. The summed E-state index contributed by atoms with van der Waals surface area (Å²) in [6, 6.07) is 4.80. The van der Waals surface area contributed by atoms with Crippen LogP contribution in [0.5, 0.6) is 0 Å². The summed E-state index contributed by atoms with van der Waals surface area (Å²) < 4.78 is 1.29. The van der Waals surface area contributed by atoms with Crippen molar-refractivity contribution in [3.05, 3.63) is 32.4 Å². The fourth-order valence-electron chi connectivity index (χ4n) is 3.51. The molecule has 0 saturated carbocycles. The number of rotatable bonds is 6. The van der Waals surface area contributed by atoms with Gasteiger partial charge in [-0.2, -0.15) is 0 Å². The molecule has 20 heavy (non-hydrogen) atoms. The summed E-state index contributed by atoms with van der Waals surface area (Å²) in [6.45, 7) is 4.61. The van der Waals surface area contributed by atoms with Crippen molar-refractivity contribution in [3.63, 3.8) is 0 Å². The first-order chi connectivity index (χ1) is 9.73. The molecule has 3 heteroatoms. The van der Waals surface area contributed by atoms with Crippen LogP contribution in [-0.2, 0) is 5.41 Å². The molecule has 0 amide bonds. The molecular formula is C17H21BrS2. The Morgan fingerprint density at radius 1 is 1.05 bits per heavy atom. The van der Waals surface area contributed by atoms with Crippen LogP contribution in [0.4, 0.5) is 0 Å². The summed E-state index contributed by atoms with van der Waals surface area (Å²) >= 11 is 7.56. The molecule has 2 aromatic rings. The Morgan fingerprint density at radius 2 is 1.75 bits per heavy atom. The van der Waals surface area contributed by atoms with Crippen molar-refractivity contribution < 1.29 is 0 Å². The molecule has 108 valence electrons. The molecule has 0 bridgehead atoms. The number of hydrogen-bond acceptors (Lipinski definition) is 2. The first-order valence-electron chi connectivity index (χ1n) is 7.61. The summed E-state index contributed by atoms with van der Waals surface area (Å²) in [7, 11) is 0. The van der Waals surface area contributed by atoms with E-state index in [9.17, 15) is 0 Å². The third-order valence-electron chi connectivity index (χ3n) is 4.52. The highest BCUT2D eigenvalue weighted by molar-refractivity contribution is 9.11. The number of hydrogen-bond donors (Lipinski definition) is 0. The summed E-state index contributed by atoms with van der Waals surface area (Å²) in [5.74, 6) is 0. The average Bonchev–Trinajstić information content (AvgIpc) is 3.09. The molecule has 0 nitrogen and oxygen atoms in total. The van der Waals surface area contributed by atoms with Crippen molar-refractivity contribution in [2.45, 2.75) is 57.8 Å². The predicted octanol–water partition coefficient (Wildman–Crippen LogP) is 7.22. The van der Waals surface area contributed by atoms with Crippen molar-refractivity contribution >= 4 is 38.6 Å². The second-order valence-electron chi connectivity index (χ2n) is 5.75. The van der Waals surface area contributed by atoms with Gasteiger partial charge in [0.15, 0.2) is 0 Å². The minimum Gasteiger partial charge on any atom is -0.143 e. The van der Waals surface area contributed by atoms with Crippen LogP contribution < -0.4 is 0 Å². The van der Waals surface area contributed by atoms with Crippen molar-refractivity contribution in [1.29, 1.82) is 0 Å². The molecule has 1 aliphatic rings. The van der Waals surface area contributed by atoms with Gasteiger partial charge >= 0.3 is 0 Å². The Morgan fingerprint density at radius 3 is 2.40 bits per heavy atom. The van der Waals surface area contributed by atoms with Gasteiger partial charge in [0.05, 0.1) is 3.79 Å². The van der Waals surface area contributed by atoms with Crippen molar-refractivity contribution in [3.8, 4) is 9.75 Å². The number of halogens is 1. The zero-order valence-corrected chi connectivity index (χ0v) is 15.4. The minimum atomic E-state index is 0.305. The fraction of sp³-hybridized carbons (Fsp3) is 0.529. The monoisotopic (exact) mass is 368 g/mol. The van der Waals surface area contributed by atoms with Crippen LogP contribution in [0.25, 0.3) is 9.75 Å². The summed E-state index contributed by atoms with van der Waals surface area (Å²) in [5.41, 5.74) is 3.54. The van der Waals surface area contributed by atoms with E-state index in [1.54, 1.807) is 16.0 Å². The average molecular weight is 369 g/mol. The highest BCUT2D eigenvalue weighted by Gasteiger charge is 2.44. The van der Waals surface area contributed by atoms with Crippen LogP contribution in [0.1, 0.15) is 63.5 Å². The molecule has 2 heterocycles. The highest BCUT2D eigenvalue weighted by Crippen LogP contribution is 2.59. The van der Waals surface area contributed by atoms with E-state index in [1.165, 1.54) is 47.2 Å². The SMILES string of the molecule is CCCCC1(CCCC)c2ccsc2-c2sc(Br)cc21. The van der Waals surface area contributed by atoms with E-state index in [1.807, 2.05) is 22.7 Å². The molecule has 0 radical (unpaired) electrons. The summed E-state index contributed by atoms with van der Waals surface area (Å²) in [4.78, 5) is 3.08. The standard InChI is InChI=1S/C17H21BrS2/c1-3-5-8-17(9-6-4-2)12-7-10-19-15(12)16-13(17)11-14(18)20-16/h7,10-11H,3-6,8-9H2,1-2H3. The minimum absolute atomic E-state index is 0.305. The molecule has 3 rings (SSSR count). The van der Waals surface area contributed by atoms with Crippen LogP contribution in [0.15, 0.2) is 21.3 Å². The van der Waals surface area contributed by atoms with Crippen molar-refractivity contribution in [2.24, 2.45) is 0 Å². The predicted molar refractivity (Wildman–Crippen MR) is 95.2 cm³/mol. The van der Waals surface area contributed by atoms with Crippen molar-refractivity contribution in [1.82, 2.24) is 0 Å². The zero-order chi connectivity index (χ0) is 14.2. The molecule has 0 aromatic carbocycles. The molecule has 1 aliphatic carbocycles. The molecule has 0 saturated heterocycles. The summed E-state index contributed by atoms with van der Waals surface area (Å²) in [6.07, 6.45) is 7.84. The molecule has 0 aliphatic heterocycles. The number of unbranched alkanes of at least 4 members (excludes halogenated alkanes) is 2. The number of thiophene rings is 2. The fourth-order valence-corrected chi connectivity index (χ4v) is 6.38. The van der Waals surface area contributed by atoms with E-state index in [0.29, 0.717) is 5.41 Å². The van der Waals surface area contributed by atoms with E-state index in [-0.39, 0.29) is 0 Å². The lowest BCUT2D eigenvalue weighted by atomic mass is 9.72. The van der Waals surface area contributed by atoms with Crippen LogP contribution in [-0.4, -0.2) is 0 Å². The molecule has 2 aromatic heterocycles.